The smallest absolute Gasteiger partial charge is 0.216 e. The molecule has 2 aromatic rings. The van der Waals surface area contributed by atoms with Gasteiger partial charge in [0.1, 0.15) is 18.2 Å². The molecule has 4 nitrogen and oxygen atoms in total. The number of sulfonamides is 1. The quantitative estimate of drug-likeness (QED) is 0.757. The van der Waals surface area contributed by atoms with Crippen LogP contribution in [0.2, 0.25) is 5.02 Å². The minimum Gasteiger partial charge on any atom is -0.492 e. The van der Waals surface area contributed by atoms with Crippen LogP contribution in [-0.4, -0.2) is 21.6 Å². The van der Waals surface area contributed by atoms with Crippen molar-refractivity contribution >= 4 is 21.6 Å². The standard InChI is InChI=1S/C17H19ClFNO3S/c1-12-8-13(2)10-14(9-12)23-7-6-20-24(21,22)11-15-16(18)4-3-5-17(15)19/h3-5,8-10,20H,6-7,11H2,1-2H3. The topological polar surface area (TPSA) is 55.4 Å². The molecule has 0 aliphatic rings. The first-order valence-corrected chi connectivity index (χ1v) is 9.41. The fraction of sp³-hybridized carbons (Fsp3) is 0.294. The summed E-state index contributed by atoms with van der Waals surface area (Å²) in [7, 11) is -3.70. The van der Waals surface area contributed by atoms with Gasteiger partial charge >= 0.3 is 0 Å². The third kappa shape index (κ3) is 5.47. The van der Waals surface area contributed by atoms with E-state index in [-0.39, 0.29) is 23.7 Å². The predicted octanol–water partition coefficient (Wildman–Crippen LogP) is 3.59. The maximum atomic E-state index is 13.7. The molecule has 24 heavy (non-hydrogen) atoms. The highest BCUT2D eigenvalue weighted by molar-refractivity contribution is 7.88. The minimum absolute atomic E-state index is 0.0399. The zero-order chi connectivity index (χ0) is 17.7. The first kappa shape index (κ1) is 18.7. The van der Waals surface area contributed by atoms with E-state index in [1.165, 1.54) is 18.2 Å². The van der Waals surface area contributed by atoms with Crippen molar-refractivity contribution in [3.8, 4) is 5.75 Å². The average molecular weight is 372 g/mol. The van der Waals surface area contributed by atoms with Crippen molar-refractivity contribution < 1.29 is 17.5 Å². The Hall–Kier alpha value is -1.63. The molecule has 0 saturated carbocycles. The fourth-order valence-electron chi connectivity index (χ4n) is 2.29. The SMILES string of the molecule is Cc1cc(C)cc(OCCNS(=O)(=O)Cc2c(F)cccc2Cl)c1. The summed E-state index contributed by atoms with van der Waals surface area (Å²) in [5.74, 6) is -0.467. The molecule has 2 rings (SSSR count). The van der Waals surface area contributed by atoms with Crippen LogP contribution < -0.4 is 9.46 Å². The number of nitrogens with one attached hydrogen (secondary N) is 1. The van der Waals surface area contributed by atoms with Crippen molar-refractivity contribution in [2.45, 2.75) is 19.6 Å². The number of hydrogen-bond acceptors (Lipinski definition) is 3. The van der Waals surface area contributed by atoms with E-state index in [0.717, 1.165) is 11.1 Å². The third-order valence-corrected chi connectivity index (χ3v) is 4.95. The third-order valence-electron chi connectivity index (χ3n) is 3.28. The molecule has 0 aliphatic carbocycles. The second-order valence-corrected chi connectivity index (χ2v) is 7.74. The summed E-state index contributed by atoms with van der Waals surface area (Å²) in [6.45, 7) is 4.18. The van der Waals surface area contributed by atoms with Crippen LogP contribution in [0.3, 0.4) is 0 Å². The number of hydrogen-bond donors (Lipinski definition) is 1. The lowest BCUT2D eigenvalue weighted by Gasteiger charge is -2.11. The van der Waals surface area contributed by atoms with Gasteiger partial charge in [0.05, 0.1) is 5.75 Å². The van der Waals surface area contributed by atoms with E-state index in [0.29, 0.717) is 5.75 Å². The van der Waals surface area contributed by atoms with Crippen LogP contribution in [0.1, 0.15) is 16.7 Å². The van der Waals surface area contributed by atoms with Crippen LogP contribution >= 0.6 is 11.6 Å². The molecule has 0 heterocycles. The molecule has 0 aromatic heterocycles. The zero-order valence-electron chi connectivity index (χ0n) is 13.5. The van der Waals surface area contributed by atoms with Crippen LogP contribution in [0.25, 0.3) is 0 Å². The molecule has 0 amide bonds. The van der Waals surface area contributed by atoms with Crippen molar-refractivity contribution in [3.63, 3.8) is 0 Å². The van der Waals surface area contributed by atoms with Gasteiger partial charge in [-0.3, -0.25) is 0 Å². The van der Waals surface area contributed by atoms with Crippen molar-refractivity contribution in [2.24, 2.45) is 0 Å². The summed E-state index contributed by atoms with van der Waals surface area (Å²) in [5.41, 5.74) is 2.10. The van der Waals surface area contributed by atoms with E-state index in [2.05, 4.69) is 4.72 Å². The van der Waals surface area contributed by atoms with Crippen molar-refractivity contribution in [1.29, 1.82) is 0 Å². The summed E-state index contributed by atoms with van der Waals surface area (Å²) in [6.07, 6.45) is 0. The summed E-state index contributed by atoms with van der Waals surface area (Å²) < 4.78 is 45.6. The molecule has 0 aliphatic heterocycles. The Labute approximate surface area is 146 Å². The molecule has 1 N–H and O–H groups in total. The van der Waals surface area contributed by atoms with Crippen LogP contribution in [0.5, 0.6) is 5.75 Å². The largest absolute Gasteiger partial charge is 0.492 e. The Bertz CT molecular complexity index is 784. The molecule has 0 radical (unpaired) electrons. The summed E-state index contributed by atoms with van der Waals surface area (Å²) in [4.78, 5) is 0. The van der Waals surface area contributed by atoms with Crippen molar-refractivity contribution in [3.05, 3.63) is 63.9 Å². The van der Waals surface area contributed by atoms with Gasteiger partial charge < -0.3 is 4.74 Å². The monoisotopic (exact) mass is 371 g/mol. The molecule has 0 unspecified atom stereocenters. The lowest BCUT2D eigenvalue weighted by atomic mass is 10.1. The number of benzene rings is 2. The average Bonchev–Trinajstić information content (AvgIpc) is 2.47. The van der Waals surface area contributed by atoms with E-state index in [1.54, 1.807) is 0 Å². The van der Waals surface area contributed by atoms with Gasteiger partial charge in [-0.2, -0.15) is 0 Å². The molecule has 7 heteroatoms. The maximum absolute atomic E-state index is 13.7. The Morgan fingerprint density at radius 1 is 1.17 bits per heavy atom. The van der Waals surface area contributed by atoms with E-state index < -0.39 is 21.6 Å². The van der Waals surface area contributed by atoms with Crippen LogP contribution in [-0.2, 0) is 15.8 Å². The lowest BCUT2D eigenvalue weighted by Crippen LogP contribution is -2.29. The zero-order valence-corrected chi connectivity index (χ0v) is 15.0. The van der Waals surface area contributed by atoms with Crippen LogP contribution in [0.15, 0.2) is 36.4 Å². The molecule has 0 atom stereocenters. The molecule has 0 saturated heterocycles. The minimum atomic E-state index is -3.70. The van der Waals surface area contributed by atoms with E-state index in [9.17, 15) is 12.8 Å². The Balaban J connectivity index is 1.89. The highest BCUT2D eigenvalue weighted by atomic mass is 35.5. The molecule has 0 spiro atoms. The van der Waals surface area contributed by atoms with Gasteiger partial charge in [0.2, 0.25) is 10.0 Å². The van der Waals surface area contributed by atoms with E-state index in [1.807, 2.05) is 32.0 Å². The Kier molecular flexibility index (Phi) is 6.21. The molecular formula is C17H19ClFNO3S. The highest BCUT2D eigenvalue weighted by Crippen LogP contribution is 2.21. The Morgan fingerprint density at radius 3 is 2.46 bits per heavy atom. The van der Waals surface area contributed by atoms with Gasteiger partial charge in [0.15, 0.2) is 0 Å². The van der Waals surface area contributed by atoms with Crippen LogP contribution in [0.4, 0.5) is 4.39 Å². The normalized spacial score (nSPS) is 11.5. The van der Waals surface area contributed by atoms with Gasteiger partial charge in [0.25, 0.3) is 0 Å². The van der Waals surface area contributed by atoms with Gasteiger partial charge in [-0.15, -0.1) is 0 Å². The maximum Gasteiger partial charge on any atom is 0.216 e. The summed E-state index contributed by atoms with van der Waals surface area (Å²) >= 11 is 5.85. The molecule has 130 valence electrons. The molecular weight excluding hydrogens is 353 g/mol. The number of halogens is 2. The highest BCUT2D eigenvalue weighted by Gasteiger charge is 2.16. The lowest BCUT2D eigenvalue weighted by molar-refractivity contribution is 0.322. The molecule has 0 fully saturated rings. The Morgan fingerprint density at radius 2 is 1.83 bits per heavy atom. The van der Waals surface area contributed by atoms with Crippen molar-refractivity contribution in [2.75, 3.05) is 13.2 Å². The van der Waals surface area contributed by atoms with Crippen LogP contribution in [0, 0.1) is 19.7 Å². The second kappa shape index (κ2) is 7.96. The number of rotatable bonds is 7. The van der Waals surface area contributed by atoms with Crippen molar-refractivity contribution in [1.82, 2.24) is 4.72 Å². The first-order chi connectivity index (χ1) is 11.3. The fourth-order valence-corrected chi connectivity index (χ4v) is 3.77. The number of aryl methyl sites for hydroxylation is 2. The summed E-state index contributed by atoms with van der Waals surface area (Å²) in [5, 5.41) is 0.0897. The van der Waals surface area contributed by atoms with E-state index >= 15 is 0 Å². The second-order valence-electron chi connectivity index (χ2n) is 5.53. The molecule has 0 bridgehead atoms. The summed E-state index contributed by atoms with van der Waals surface area (Å²) in [6, 6.07) is 9.84. The van der Waals surface area contributed by atoms with Gasteiger partial charge in [0, 0.05) is 17.1 Å². The van der Waals surface area contributed by atoms with Gasteiger partial charge in [-0.25, -0.2) is 17.5 Å². The van der Waals surface area contributed by atoms with Gasteiger partial charge in [-0.05, 0) is 49.2 Å². The first-order valence-electron chi connectivity index (χ1n) is 7.38. The molecule has 2 aromatic carbocycles. The van der Waals surface area contributed by atoms with Gasteiger partial charge in [-0.1, -0.05) is 23.7 Å². The van der Waals surface area contributed by atoms with E-state index in [4.69, 9.17) is 16.3 Å². The predicted molar refractivity (Wildman–Crippen MR) is 93.4 cm³/mol. The number of ether oxygens (including phenoxy) is 1.